The first-order valence-electron chi connectivity index (χ1n) is 17.6. The Balaban J connectivity index is 0.00000406. The molecule has 0 bridgehead atoms. The molecule has 0 N–H and O–H groups in total. The van der Waals surface area contributed by atoms with Crippen molar-refractivity contribution in [3.05, 3.63) is 114 Å². The number of aryl methyl sites for hydroxylation is 1. The molecule has 0 spiro atoms. The van der Waals surface area contributed by atoms with Gasteiger partial charge in [-0.3, -0.25) is 9.97 Å². The fraction of sp³-hybridized carbons (Fsp3) is 0.289. The number of benzene rings is 4. The molecular formula is C45H45N5Pt. The molecule has 5 nitrogen and oxygen atoms in total. The van der Waals surface area contributed by atoms with Crippen molar-refractivity contribution < 1.29 is 21.1 Å². The number of nitrogens with zero attached hydrogens (tertiary/aromatic N) is 5. The molecule has 51 heavy (non-hydrogen) atoms. The maximum absolute atomic E-state index is 5.47. The van der Waals surface area contributed by atoms with E-state index in [1.807, 2.05) is 6.07 Å². The van der Waals surface area contributed by atoms with E-state index in [4.69, 9.17) is 15.0 Å². The third kappa shape index (κ3) is 6.04. The Morgan fingerprint density at radius 1 is 0.608 bits per heavy atom. The summed E-state index contributed by atoms with van der Waals surface area (Å²) in [6, 6.07) is 36.6. The molecule has 0 aliphatic carbocycles. The molecule has 4 aromatic heterocycles. The van der Waals surface area contributed by atoms with Gasteiger partial charge in [-0.2, -0.15) is 0 Å². The second-order valence-electron chi connectivity index (χ2n) is 17.0. The minimum Gasteiger partial charge on any atom is -0.435 e. The molecule has 0 fully saturated rings. The second-order valence-corrected chi connectivity index (χ2v) is 17.0. The predicted molar refractivity (Wildman–Crippen MR) is 209 cm³/mol. The molecule has 0 saturated carbocycles. The molecule has 0 aliphatic heterocycles. The third-order valence-electron chi connectivity index (χ3n) is 10.2. The van der Waals surface area contributed by atoms with Crippen LogP contribution in [0.3, 0.4) is 0 Å². The van der Waals surface area contributed by atoms with Crippen molar-refractivity contribution >= 4 is 43.9 Å². The molecule has 4 aromatic carbocycles. The summed E-state index contributed by atoms with van der Waals surface area (Å²) in [5, 5.41) is 3.43. The van der Waals surface area contributed by atoms with E-state index in [9.17, 15) is 0 Å². The van der Waals surface area contributed by atoms with E-state index in [1.54, 1.807) is 0 Å². The summed E-state index contributed by atoms with van der Waals surface area (Å²) in [6.45, 7) is 20.3. The number of rotatable bonds is 3. The van der Waals surface area contributed by atoms with Crippen LogP contribution in [0.4, 0.5) is 0 Å². The van der Waals surface area contributed by atoms with Crippen LogP contribution >= 0.6 is 0 Å². The first-order valence-corrected chi connectivity index (χ1v) is 17.6. The zero-order valence-corrected chi connectivity index (χ0v) is 33.5. The summed E-state index contributed by atoms with van der Waals surface area (Å²) in [4.78, 5) is 15.7. The number of hydrogen-bond donors (Lipinski definition) is 0. The maximum Gasteiger partial charge on any atom is 2.00 e. The summed E-state index contributed by atoms with van der Waals surface area (Å²) in [6.07, 6.45) is 0. The molecule has 0 amide bonds. The van der Waals surface area contributed by atoms with Crippen LogP contribution in [0.25, 0.3) is 72.3 Å². The Labute approximate surface area is 315 Å². The van der Waals surface area contributed by atoms with Crippen molar-refractivity contribution in [3.8, 4) is 28.5 Å². The molecule has 4 heterocycles. The molecule has 6 heteroatoms. The average Bonchev–Trinajstić information content (AvgIpc) is 3.73. The van der Waals surface area contributed by atoms with E-state index in [2.05, 4.69) is 169 Å². The van der Waals surface area contributed by atoms with Crippen LogP contribution in [0.15, 0.2) is 91.0 Å². The van der Waals surface area contributed by atoms with Gasteiger partial charge in [0.1, 0.15) is 0 Å². The first kappa shape index (κ1) is 35.0. The summed E-state index contributed by atoms with van der Waals surface area (Å²) in [5.41, 5.74) is 11.6. The molecule has 0 unspecified atom stereocenters. The van der Waals surface area contributed by atoms with Gasteiger partial charge in [0.15, 0.2) is 0 Å². The van der Waals surface area contributed by atoms with Crippen LogP contribution in [0.2, 0.25) is 0 Å². The van der Waals surface area contributed by atoms with Crippen molar-refractivity contribution in [2.24, 2.45) is 7.05 Å². The molecule has 0 aliphatic rings. The van der Waals surface area contributed by atoms with Crippen LogP contribution in [0.1, 0.15) is 79.0 Å². The molecule has 0 saturated heterocycles. The molecule has 0 radical (unpaired) electrons. The van der Waals surface area contributed by atoms with Gasteiger partial charge in [-0.15, -0.1) is 23.8 Å². The Morgan fingerprint density at radius 2 is 1.27 bits per heavy atom. The van der Waals surface area contributed by atoms with Gasteiger partial charge >= 0.3 is 21.1 Å². The van der Waals surface area contributed by atoms with Gasteiger partial charge in [0, 0.05) is 18.1 Å². The number of para-hydroxylation sites is 2. The van der Waals surface area contributed by atoms with Gasteiger partial charge in [-0.1, -0.05) is 146 Å². The fourth-order valence-electron chi connectivity index (χ4n) is 7.03. The van der Waals surface area contributed by atoms with Crippen molar-refractivity contribution in [1.82, 2.24) is 24.1 Å². The van der Waals surface area contributed by atoms with Crippen LogP contribution in [-0.2, 0) is 44.4 Å². The summed E-state index contributed by atoms with van der Waals surface area (Å²) < 4.78 is 4.41. The van der Waals surface area contributed by atoms with Crippen LogP contribution in [0.5, 0.6) is 0 Å². The first-order chi connectivity index (χ1) is 23.6. The van der Waals surface area contributed by atoms with E-state index in [1.165, 1.54) is 22.1 Å². The van der Waals surface area contributed by atoms with Crippen molar-refractivity contribution in [1.29, 1.82) is 0 Å². The Hall–Kier alpha value is -4.47. The Bertz CT molecular complexity index is 2610. The molecule has 8 rings (SSSR count). The number of pyridine rings is 1. The monoisotopic (exact) mass is 850 g/mol. The van der Waals surface area contributed by atoms with Crippen LogP contribution in [-0.4, -0.2) is 19.1 Å². The van der Waals surface area contributed by atoms with Gasteiger partial charge in [0.2, 0.25) is 0 Å². The van der Waals surface area contributed by atoms with Crippen molar-refractivity contribution in [3.63, 3.8) is 0 Å². The molecule has 8 aromatic rings. The summed E-state index contributed by atoms with van der Waals surface area (Å²) in [5.74, 6) is 1.78. The van der Waals surface area contributed by atoms with Crippen LogP contribution in [0, 0.1) is 6.07 Å². The number of hydrogen-bond acceptors (Lipinski definition) is 2. The van der Waals surface area contributed by atoms with Crippen molar-refractivity contribution in [2.75, 3.05) is 0 Å². The van der Waals surface area contributed by atoms with Gasteiger partial charge in [0.05, 0.1) is 22.5 Å². The second kappa shape index (κ2) is 12.1. The van der Waals surface area contributed by atoms with Gasteiger partial charge in [-0.05, 0) is 61.3 Å². The van der Waals surface area contributed by atoms with E-state index < -0.39 is 0 Å². The largest absolute Gasteiger partial charge is 2.00 e. The quantitative estimate of drug-likeness (QED) is 0.166. The molecular weight excluding hydrogens is 806 g/mol. The number of imidazole rings is 1. The van der Waals surface area contributed by atoms with E-state index in [-0.39, 0.29) is 37.3 Å². The molecule has 0 atom stereocenters. The zero-order valence-electron chi connectivity index (χ0n) is 31.2. The standard InChI is InChI=1S/C45H45N5.Pt/c1-43(2,3)30-15-18-35-28(22-30)25-40(46-35)50-38-20-16-31(44(4,5)6)26-34(38)33-17-19-36(47-42(33)50)27-21-29(24-32(23-27)45(7,8)9)41-48-37-13-11-12-14-39(37)49(41)10;/h11-20,22-26H,1-10H3;/q-2;+2. The third-order valence-corrected chi connectivity index (χ3v) is 10.2. The normalized spacial score (nSPS) is 12.7. The Kier molecular flexibility index (Phi) is 8.26. The predicted octanol–water partition coefficient (Wildman–Crippen LogP) is 11.2. The Morgan fingerprint density at radius 3 is 1.98 bits per heavy atom. The SMILES string of the molecule is Cn1c(-c2[c-]c(-c3ccc4c5cc(C(C)(C)C)ccc5n(-c5cc6cc(C(C)(C)C)ccc6[n-]5)c4n3)cc(C(C)(C)C)c2)nc2ccccc21.[Pt+2]. The average molecular weight is 851 g/mol. The smallest absolute Gasteiger partial charge is 0.435 e. The maximum atomic E-state index is 5.47. The minimum atomic E-state index is -0.0865. The van der Waals surface area contributed by atoms with Crippen LogP contribution < -0.4 is 4.98 Å². The fourth-order valence-corrected chi connectivity index (χ4v) is 7.03. The van der Waals surface area contributed by atoms with Crippen molar-refractivity contribution in [2.45, 2.75) is 78.6 Å². The van der Waals surface area contributed by atoms with E-state index in [0.717, 1.165) is 66.9 Å². The summed E-state index contributed by atoms with van der Waals surface area (Å²) >= 11 is 0. The number of aromatic nitrogens is 5. The zero-order chi connectivity index (χ0) is 35.3. The van der Waals surface area contributed by atoms with Gasteiger partial charge in [-0.25, -0.2) is 0 Å². The van der Waals surface area contributed by atoms with Gasteiger partial charge < -0.3 is 14.1 Å². The number of fused-ring (bicyclic) bond motifs is 5. The van der Waals surface area contributed by atoms with Gasteiger partial charge in [0.25, 0.3) is 0 Å². The minimum absolute atomic E-state index is 0. The van der Waals surface area contributed by atoms with E-state index >= 15 is 0 Å². The molecule has 260 valence electrons. The van der Waals surface area contributed by atoms with E-state index in [0.29, 0.717) is 0 Å². The topological polar surface area (TPSA) is 49.7 Å². The summed E-state index contributed by atoms with van der Waals surface area (Å²) in [7, 11) is 2.08.